The molecule has 1 aliphatic carbocycles. The van der Waals surface area contributed by atoms with E-state index in [4.69, 9.17) is 0 Å². The molecule has 132 valence electrons. The SMILES string of the molecule is CN=C(NCCc1csc(C)n1)NCCN(C)C1CCCC1.I. The molecular formula is C16H30IN5S. The average molecular weight is 451 g/mol. The third-order valence-corrected chi connectivity index (χ3v) is 5.09. The molecule has 1 saturated carbocycles. The highest BCUT2D eigenvalue weighted by Crippen LogP contribution is 2.21. The molecule has 0 spiro atoms. The van der Waals surface area contributed by atoms with E-state index in [9.17, 15) is 0 Å². The van der Waals surface area contributed by atoms with Crippen LogP contribution in [0.2, 0.25) is 0 Å². The Morgan fingerprint density at radius 3 is 2.65 bits per heavy atom. The smallest absolute Gasteiger partial charge is 0.191 e. The van der Waals surface area contributed by atoms with Crippen LogP contribution in [-0.4, -0.2) is 55.6 Å². The Labute approximate surface area is 161 Å². The molecule has 1 fully saturated rings. The van der Waals surface area contributed by atoms with E-state index >= 15 is 0 Å². The van der Waals surface area contributed by atoms with Crippen molar-refractivity contribution in [1.29, 1.82) is 0 Å². The number of nitrogens with zero attached hydrogens (tertiary/aromatic N) is 3. The average Bonchev–Trinajstić information content (AvgIpc) is 3.17. The molecular weight excluding hydrogens is 421 g/mol. The van der Waals surface area contributed by atoms with Gasteiger partial charge in [-0.2, -0.15) is 0 Å². The molecule has 1 aromatic rings. The second-order valence-electron chi connectivity index (χ2n) is 5.95. The molecule has 1 heterocycles. The van der Waals surface area contributed by atoms with Crippen LogP contribution >= 0.6 is 35.3 Å². The zero-order valence-corrected chi connectivity index (χ0v) is 17.6. The van der Waals surface area contributed by atoms with Gasteiger partial charge in [-0.15, -0.1) is 35.3 Å². The van der Waals surface area contributed by atoms with Crippen molar-refractivity contribution in [2.45, 2.75) is 45.1 Å². The number of hydrogen-bond donors (Lipinski definition) is 2. The summed E-state index contributed by atoms with van der Waals surface area (Å²) in [5, 5.41) is 10.0. The Balaban J connectivity index is 0.00000264. The van der Waals surface area contributed by atoms with E-state index in [0.717, 1.165) is 48.8 Å². The third kappa shape index (κ3) is 7.34. The molecule has 0 unspecified atom stereocenters. The highest BCUT2D eigenvalue weighted by molar-refractivity contribution is 14.0. The molecule has 0 radical (unpaired) electrons. The number of hydrogen-bond acceptors (Lipinski definition) is 4. The monoisotopic (exact) mass is 451 g/mol. The van der Waals surface area contributed by atoms with Crippen LogP contribution < -0.4 is 10.6 Å². The van der Waals surface area contributed by atoms with Gasteiger partial charge in [-0.25, -0.2) is 4.98 Å². The molecule has 0 saturated heterocycles. The van der Waals surface area contributed by atoms with Crippen molar-refractivity contribution in [3.63, 3.8) is 0 Å². The molecule has 0 bridgehead atoms. The number of aromatic nitrogens is 1. The third-order valence-electron chi connectivity index (χ3n) is 4.27. The number of guanidine groups is 1. The number of nitrogens with one attached hydrogen (secondary N) is 2. The van der Waals surface area contributed by atoms with Crippen LogP contribution in [0.1, 0.15) is 36.4 Å². The van der Waals surface area contributed by atoms with Crippen molar-refractivity contribution in [2.75, 3.05) is 33.7 Å². The summed E-state index contributed by atoms with van der Waals surface area (Å²) in [6.45, 7) is 4.91. The number of likely N-dealkylation sites (N-methyl/N-ethyl adjacent to an activating group) is 1. The Hall–Kier alpha value is -0.410. The molecule has 0 aliphatic heterocycles. The second-order valence-corrected chi connectivity index (χ2v) is 7.01. The Bertz CT molecular complexity index is 471. The van der Waals surface area contributed by atoms with Crippen molar-refractivity contribution >= 4 is 41.3 Å². The Kier molecular flexibility index (Phi) is 10.0. The number of aryl methyl sites for hydroxylation is 1. The van der Waals surface area contributed by atoms with Crippen molar-refractivity contribution < 1.29 is 0 Å². The first-order chi connectivity index (χ1) is 10.7. The van der Waals surface area contributed by atoms with Gasteiger partial charge in [0.25, 0.3) is 0 Å². The largest absolute Gasteiger partial charge is 0.356 e. The summed E-state index contributed by atoms with van der Waals surface area (Å²) in [6.07, 6.45) is 6.43. The maximum Gasteiger partial charge on any atom is 0.191 e. The van der Waals surface area contributed by atoms with Crippen LogP contribution in [0.25, 0.3) is 0 Å². The minimum Gasteiger partial charge on any atom is -0.356 e. The van der Waals surface area contributed by atoms with Gasteiger partial charge in [0, 0.05) is 44.5 Å². The normalized spacial score (nSPS) is 15.7. The van der Waals surface area contributed by atoms with Crippen molar-refractivity contribution in [1.82, 2.24) is 20.5 Å². The van der Waals surface area contributed by atoms with Crippen LogP contribution in [0.4, 0.5) is 0 Å². The van der Waals surface area contributed by atoms with Crippen LogP contribution in [-0.2, 0) is 6.42 Å². The van der Waals surface area contributed by atoms with Crippen LogP contribution in [0.15, 0.2) is 10.4 Å². The molecule has 1 aliphatic rings. The van der Waals surface area contributed by atoms with E-state index < -0.39 is 0 Å². The summed E-state index contributed by atoms with van der Waals surface area (Å²) in [6, 6.07) is 0.782. The fourth-order valence-corrected chi connectivity index (χ4v) is 3.58. The molecule has 2 rings (SSSR count). The van der Waals surface area contributed by atoms with Crippen LogP contribution in [0, 0.1) is 6.92 Å². The lowest BCUT2D eigenvalue weighted by Gasteiger charge is -2.24. The summed E-state index contributed by atoms with van der Waals surface area (Å²) < 4.78 is 0. The summed E-state index contributed by atoms with van der Waals surface area (Å²) in [5.41, 5.74) is 1.16. The molecule has 0 aromatic carbocycles. The predicted octanol–water partition coefficient (Wildman–Crippen LogP) is 2.65. The molecule has 0 amide bonds. The number of rotatable bonds is 7. The van der Waals surface area contributed by atoms with Crippen molar-refractivity contribution in [3.8, 4) is 0 Å². The predicted molar refractivity (Wildman–Crippen MR) is 110 cm³/mol. The number of halogens is 1. The fourth-order valence-electron chi connectivity index (χ4n) is 2.93. The van der Waals surface area contributed by atoms with Gasteiger partial charge in [0.15, 0.2) is 5.96 Å². The van der Waals surface area contributed by atoms with Gasteiger partial charge in [-0.05, 0) is 26.8 Å². The quantitative estimate of drug-likeness (QED) is 0.380. The summed E-state index contributed by atoms with van der Waals surface area (Å²) in [4.78, 5) is 11.2. The lowest BCUT2D eigenvalue weighted by atomic mass is 10.2. The van der Waals surface area contributed by atoms with Gasteiger partial charge in [0.1, 0.15) is 0 Å². The lowest BCUT2D eigenvalue weighted by molar-refractivity contribution is 0.249. The first-order valence-corrected chi connectivity index (χ1v) is 9.12. The van der Waals surface area contributed by atoms with Crippen molar-refractivity contribution in [2.24, 2.45) is 4.99 Å². The first kappa shape index (κ1) is 20.6. The topological polar surface area (TPSA) is 52.6 Å². The maximum absolute atomic E-state index is 4.47. The minimum atomic E-state index is 0. The van der Waals surface area contributed by atoms with Gasteiger partial charge >= 0.3 is 0 Å². The zero-order chi connectivity index (χ0) is 15.8. The highest BCUT2D eigenvalue weighted by atomic mass is 127. The van der Waals surface area contributed by atoms with Crippen LogP contribution in [0.5, 0.6) is 0 Å². The number of thiazole rings is 1. The minimum absolute atomic E-state index is 0. The zero-order valence-electron chi connectivity index (χ0n) is 14.5. The van der Waals surface area contributed by atoms with Crippen molar-refractivity contribution in [3.05, 3.63) is 16.1 Å². The van der Waals surface area contributed by atoms with E-state index in [1.54, 1.807) is 11.3 Å². The van der Waals surface area contributed by atoms with Gasteiger partial charge < -0.3 is 15.5 Å². The van der Waals surface area contributed by atoms with Crippen LogP contribution in [0.3, 0.4) is 0 Å². The standard InChI is InChI=1S/C16H29N5S.HI/c1-13-20-14(12-22-13)8-9-18-16(17-2)19-10-11-21(3)15-6-4-5-7-15;/h12,15H,4-11H2,1-3H3,(H2,17,18,19);1H. The summed E-state index contributed by atoms with van der Waals surface area (Å²) >= 11 is 1.71. The van der Waals surface area contributed by atoms with Gasteiger partial charge in [0.05, 0.1) is 10.7 Å². The molecule has 1 aromatic heterocycles. The molecule has 7 heteroatoms. The fraction of sp³-hybridized carbons (Fsp3) is 0.750. The Morgan fingerprint density at radius 1 is 1.35 bits per heavy atom. The summed E-state index contributed by atoms with van der Waals surface area (Å²) in [7, 11) is 4.06. The maximum atomic E-state index is 4.47. The van der Waals surface area contributed by atoms with E-state index in [0.29, 0.717) is 0 Å². The number of aliphatic imine (C=N–C) groups is 1. The Morgan fingerprint density at radius 2 is 2.04 bits per heavy atom. The van der Waals surface area contributed by atoms with Gasteiger partial charge in [-0.3, -0.25) is 4.99 Å². The molecule has 2 N–H and O–H groups in total. The van der Waals surface area contributed by atoms with E-state index in [1.807, 2.05) is 14.0 Å². The van der Waals surface area contributed by atoms with E-state index in [-0.39, 0.29) is 24.0 Å². The molecule has 5 nitrogen and oxygen atoms in total. The lowest BCUT2D eigenvalue weighted by Crippen LogP contribution is -2.43. The second kappa shape index (κ2) is 11.2. The van der Waals surface area contributed by atoms with E-state index in [1.165, 1.54) is 25.7 Å². The first-order valence-electron chi connectivity index (χ1n) is 8.25. The highest BCUT2D eigenvalue weighted by Gasteiger charge is 2.18. The van der Waals surface area contributed by atoms with Gasteiger partial charge in [0.2, 0.25) is 0 Å². The van der Waals surface area contributed by atoms with E-state index in [2.05, 4.69) is 37.9 Å². The summed E-state index contributed by atoms with van der Waals surface area (Å²) in [5.74, 6) is 0.881. The molecule has 0 atom stereocenters. The van der Waals surface area contributed by atoms with Gasteiger partial charge in [-0.1, -0.05) is 12.8 Å². The molecule has 23 heavy (non-hydrogen) atoms.